The smallest absolute Gasteiger partial charge is 0.144 e. The maximum Gasteiger partial charge on any atom is 0.144 e. The molecule has 1 atom stereocenters. The summed E-state index contributed by atoms with van der Waals surface area (Å²) in [6, 6.07) is 8.17. The lowest BCUT2D eigenvalue weighted by Gasteiger charge is -2.44. The largest absolute Gasteiger partial charge is 0.372 e. The lowest BCUT2D eigenvalue weighted by atomic mass is 9.63. The van der Waals surface area contributed by atoms with Gasteiger partial charge in [-0.2, -0.15) is 0 Å². The molecule has 1 aromatic carbocycles. The van der Waals surface area contributed by atoms with Gasteiger partial charge in [-0.3, -0.25) is 4.79 Å². The number of hydrogen-bond donors (Lipinski definition) is 0. The Kier molecular flexibility index (Phi) is 3.29. The van der Waals surface area contributed by atoms with E-state index in [1.54, 1.807) is 0 Å². The van der Waals surface area contributed by atoms with E-state index in [4.69, 9.17) is 4.74 Å². The first-order valence-corrected chi connectivity index (χ1v) is 7.39. The zero-order valence-electron chi connectivity index (χ0n) is 10.3. The molecule has 2 saturated carbocycles. The Morgan fingerprint density at radius 1 is 1.22 bits per heavy atom. The van der Waals surface area contributed by atoms with E-state index in [-0.39, 0.29) is 11.5 Å². The predicted octanol–water partition coefficient (Wildman–Crippen LogP) is 3.87. The monoisotopic (exact) mass is 308 g/mol. The summed E-state index contributed by atoms with van der Waals surface area (Å²) in [7, 11) is 0. The fourth-order valence-corrected chi connectivity index (χ4v) is 3.48. The Morgan fingerprint density at radius 2 is 1.89 bits per heavy atom. The fraction of sp³-hybridized carbons (Fsp3) is 0.533. The van der Waals surface area contributed by atoms with Crippen molar-refractivity contribution in [2.75, 3.05) is 0 Å². The Labute approximate surface area is 116 Å². The van der Waals surface area contributed by atoms with Crippen LogP contribution in [0.2, 0.25) is 0 Å². The van der Waals surface area contributed by atoms with E-state index < -0.39 is 0 Å². The molecule has 2 nitrogen and oxygen atoms in total. The van der Waals surface area contributed by atoms with Gasteiger partial charge >= 0.3 is 0 Å². The lowest BCUT2D eigenvalue weighted by molar-refractivity contribution is -0.164. The van der Waals surface area contributed by atoms with Gasteiger partial charge < -0.3 is 4.74 Å². The molecule has 1 unspecified atom stereocenters. The first kappa shape index (κ1) is 12.4. The van der Waals surface area contributed by atoms with E-state index in [0.717, 1.165) is 17.3 Å². The molecule has 2 aliphatic carbocycles. The second kappa shape index (κ2) is 4.78. The maximum atomic E-state index is 11.8. The highest BCUT2D eigenvalue weighted by molar-refractivity contribution is 9.10. The van der Waals surface area contributed by atoms with Crippen LogP contribution in [0.25, 0.3) is 0 Å². The summed E-state index contributed by atoms with van der Waals surface area (Å²) in [6.45, 7) is 0.618. The van der Waals surface area contributed by atoms with E-state index in [1.807, 2.05) is 12.1 Å². The van der Waals surface area contributed by atoms with Crippen molar-refractivity contribution in [3.8, 4) is 0 Å². The quantitative estimate of drug-likeness (QED) is 0.847. The average molecular weight is 309 g/mol. The van der Waals surface area contributed by atoms with Crippen molar-refractivity contribution in [2.45, 2.75) is 44.8 Å². The second-order valence-electron chi connectivity index (χ2n) is 5.42. The third-order valence-electron chi connectivity index (χ3n) is 4.40. The van der Waals surface area contributed by atoms with Crippen LogP contribution in [-0.4, -0.2) is 11.9 Å². The van der Waals surface area contributed by atoms with E-state index in [0.29, 0.717) is 18.8 Å². The van der Waals surface area contributed by atoms with Gasteiger partial charge in [0, 0.05) is 10.9 Å². The van der Waals surface area contributed by atoms with Gasteiger partial charge in [-0.05, 0) is 30.5 Å². The molecule has 2 aliphatic rings. The Bertz CT molecular complexity index is 446. The Balaban J connectivity index is 1.61. The SMILES string of the molecule is O=C1CC(OCc2ccc(Br)cc2)C12CCCC2. The zero-order valence-corrected chi connectivity index (χ0v) is 11.9. The maximum absolute atomic E-state index is 11.8. The number of carbonyl (C=O) groups excluding carboxylic acids is 1. The van der Waals surface area contributed by atoms with Crippen molar-refractivity contribution in [3.63, 3.8) is 0 Å². The number of halogens is 1. The average Bonchev–Trinajstić information content (AvgIpc) is 2.88. The van der Waals surface area contributed by atoms with E-state index in [9.17, 15) is 4.79 Å². The van der Waals surface area contributed by atoms with Crippen LogP contribution in [0.15, 0.2) is 28.7 Å². The van der Waals surface area contributed by atoms with Gasteiger partial charge in [0.05, 0.1) is 18.1 Å². The van der Waals surface area contributed by atoms with Crippen molar-refractivity contribution >= 4 is 21.7 Å². The van der Waals surface area contributed by atoms with Gasteiger partial charge in [-0.25, -0.2) is 0 Å². The summed E-state index contributed by atoms with van der Waals surface area (Å²) in [5.74, 6) is 0.431. The summed E-state index contributed by atoms with van der Waals surface area (Å²) < 4.78 is 7.06. The number of ether oxygens (including phenoxy) is 1. The van der Waals surface area contributed by atoms with Crippen LogP contribution in [-0.2, 0) is 16.1 Å². The van der Waals surface area contributed by atoms with Crippen molar-refractivity contribution < 1.29 is 9.53 Å². The van der Waals surface area contributed by atoms with Crippen LogP contribution >= 0.6 is 15.9 Å². The van der Waals surface area contributed by atoms with Crippen LogP contribution < -0.4 is 0 Å². The van der Waals surface area contributed by atoms with Crippen LogP contribution in [0.5, 0.6) is 0 Å². The molecule has 0 heterocycles. The molecule has 3 heteroatoms. The number of carbonyl (C=O) groups is 1. The van der Waals surface area contributed by atoms with Crippen molar-refractivity contribution in [1.82, 2.24) is 0 Å². The number of benzene rings is 1. The third kappa shape index (κ3) is 2.04. The molecule has 18 heavy (non-hydrogen) atoms. The summed E-state index contributed by atoms with van der Waals surface area (Å²) in [4.78, 5) is 11.8. The van der Waals surface area contributed by atoms with Crippen LogP contribution in [0.3, 0.4) is 0 Å². The predicted molar refractivity (Wildman–Crippen MR) is 73.2 cm³/mol. The molecule has 1 spiro atoms. The highest BCUT2D eigenvalue weighted by Gasteiger charge is 2.56. The molecule has 0 aliphatic heterocycles. The molecule has 0 radical (unpaired) electrons. The fourth-order valence-electron chi connectivity index (χ4n) is 3.22. The van der Waals surface area contributed by atoms with Crippen molar-refractivity contribution in [1.29, 1.82) is 0 Å². The first-order valence-electron chi connectivity index (χ1n) is 6.60. The molecule has 0 aromatic heterocycles. The van der Waals surface area contributed by atoms with Crippen LogP contribution in [0.4, 0.5) is 0 Å². The highest BCUT2D eigenvalue weighted by Crippen LogP contribution is 2.52. The van der Waals surface area contributed by atoms with Gasteiger partial charge in [0.15, 0.2) is 0 Å². The Morgan fingerprint density at radius 3 is 2.50 bits per heavy atom. The third-order valence-corrected chi connectivity index (χ3v) is 4.93. The summed E-state index contributed by atoms with van der Waals surface area (Å²) >= 11 is 3.42. The number of ketones is 1. The standard InChI is InChI=1S/C15H17BrO2/c16-12-5-3-11(4-6-12)10-18-14-9-13(17)15(14)7-1-2-8-15/h3-6,14H,1-2,7-10H2. The summed E-state index contributed by atoms with van der Waals surface area (Å²) in [6.07, 6.45) is 5.23. The van der Waals surface area contributed by atoms with E-state index in [2.05, 4.69) is 28.1 Å². The highest BCUT2D eigenvalue weighted by atomic mass is 79.9. The van der Waals surface area contributed by atoms with Gasteiger partial charge in [0.25, 0.3) is 0 Å². The number of hydrogen-bond acceptors (Lipinski definition) is 2. The van der Waals surface area contributed by atoms with Gasteiger partial charge in [0.2, 0.25) is 0 Å². The van der Waals surface area contributed by atoms with Gasteiger partial charge in [-0.1, -0.05) is 40.9 Å². The molecule has 1 aromatic rings. The lowest BCUT2D eigenvalue weighted by Crippen LogP contribution is -2.53. The molecule has 0 saturated heterocycles. The molecule has 96 valence electrons. The normalized spacial score (nSPS) is 25.4. The van der Waals surface area contributed by atoms with E-state index >= 15 is 0 Å². The minimum Gasteiger partial charge on any atom is -0.372 e. The molecular formula is C15H17BrO2. The van der Waals surface area contributed by atoms with Crippen LogP contribution in [0, 0.1) is 5.41 Å². The summed E-state index contributed by atoms with van der Waals surface area (Å²) in [5, 5.41) is 0. The number of Topliss-reactive ketones (excluding diaryl/α,β-unsaturated/α-hetero) is 1. The van der Waals surface area contributed by atoms with Crippen LogP contribution in [0.1, 0.15) is 37.7 Å². The molecule has 2 fully saturated rings. The molecular weight excluding hydrogens is 292 g/mol. The topological polar surface area (TPSA) is 26.3 Å². The first-order chi connectivity index (χ1) is 8.71. The summed E-state index contributed by atoms with van der Waals surface area (Å²) in [5.41, 5.74) is 1.07. The molecule has 0 N–H and O–H groups in total. The van der Waals surface area contributed by atoms with E-state index in [1.165, 1.54) is 18.4 Å². The number of rotatable bonds is 3. The second-order valence-corrected chi connectivity index (χ2v) is 6.33. The minimum absolute atomic E-state index is 0.102. The van der Waals surface area contributed by atoms with Gasteiger partial charge in [0.1, 0.15) is 5.78 Å². The molecule has 3 rings (SSSR count). The molecule has 0 amide bonds. The van der Waals surface area contributed by atoms with Crippen molar-refractivity contribution in [3.05, 3.63) is 34.3 Å². The van der Waals surface area contributed by atoms with Gasteiger partial charge in [-0.15, -0.1) is 0 Å². The zero-order chi connectivity index (χ0) is 12.6. The minimum atomic E-state index is -0.102. The Hall–Kier alpha value is -0.670. The molecule has 0 bridgehead atoms. The van der Waals surface area contributed by atoms with Crippen molar-refractivity contribution in [2.24, 2.45) is 5.41 Å².